The summed E-state index contributed by atoms with van der Waals surface area (Å²) in [4.78, 5) is 20.7. The third-order valence-electron chi connectivity index (χ3n) is 3.84. The first-order valence-electron chi connectivity index (χ1n) is 8.59. The number of rotatable bonds is 7. The summed E-state index contributed by atoms with van der Waals surface area (Å²) in [5.41, 5.74) is 1.22. The Morgan fingerprint density at radius 1 is 1.21 bits per heavy atom. The quantitative estimate of drug-likeness (QED) is 0.449. The van der Waals surface area contributed by atoms with Crippen molar-refractivity contribution in [2.45, 2.75) is 11.7 Å². The fourth-order valence-electron chi connectivity index (χ4n) is 2.59. The first kappa shape index (κ1) is 19.2. The highest BCUT2D eigenvalue weighted by atomic mass is 35.5. The van der Waals surface area contributed by atoms with Crippen molar-refractivity contribution in [3.8, 4) is 11.5 Å². The van der Waals surface area contributed by atoms with E-state index in [2.05, 4.69) is 25.5 Å². The highest BCUT2D eigenvalue weighted by Crippen LogP contribution is 2.24. The number of furan rings is 1. The van der Waals surface area contributed by atoms with Gasteiger partial charge in [0.1, 0.15) is 11.5 Å². The topological polar surface area (TPSA) is 98.7 Å². The van der Waals surface area contributed by atoms with E-state index in [-0.39, 0.29) is 11.7 Å². The smallest absolute Gasteiger partial charge is 0.234 e. The zero-order valence-corrected chi connectivity index (χ0v) is 16.6. The molecule has 0 spiro atoms. The Morgan fingerprint density at radius 2 is 2.14 bits per heavy atom. The Bertz CT molecular complexity index is 1100. The Kier molecular flexibility index (Phi) is 5.87. The van der Waals surface area contributed by atoms with Crippen molar-refractivity contribution in [3.05, 3.63) is 72.0 Å². The van der Waals surface area contributed by atoms with Gasteiger partial charge in [-0.05, 0) is 30.3 Å². The largest absolute Gasteiger partial charge is 0.467 e. The average molecular weight is 427 g/mol. The second-order valence-corrected chi connectivity index (χ2v) is 7.29. The minimum atomic E-state index is -0.175. The third-order valence-corrected chi connectivity index (χ3v) is 5.05. The van der Waals surface area contributed by atoms with Crippen LogP contribution < -0.4 is 5.32 Å². The second-order valence-electron chi connectivity index (χ2n) is 5.91. The van der Waals surface area contributed by atoms with Gasteiger partial charge in [-0.15, -0.1) is 10.2 Å². The normalized spacial score (nSPS) is 10.8. The molecular weight excluding hydrogens is 412 g/mol. The van der Waals surface area contributed by atoms with E-state index < -0.39 is 0 Å². The van der Waals surface area contributed by atoms with Crippen LogP contribution in [0.25, 0.3) is 11.5 Å². The van der Waals surface area contributed by atoms with Gasteiger partial charge >= 0.3 is 0 Å². The van der Waals surface area contributed by atoms with E-state index in [0.717, 1.165) is 5.76 Å². The maximum absolute atomic E-state index is 12.3. The first-order chi connectivity index (χ1) is 14.2. The van der Waals surface area contributed by atoms with Gasteiger partial charge in [-0.25, -0.2) is 4.98 Å². The fraction of sp³-hybridized carbons (Fsp3) is 0.105. The van der Waals surface area contributed by atoms with E-state index in [0.29, 0.717) is 33.9 Å². The van der Waals surface area contributed by atoms with Gasteiger partial charge < -0.3 is 9.73 Å². The molecule has 8 nitrogen and oxygen atoms in total. The molecule has 10 heteroatoms. The lowest BCUT2D eigenvalue weighted by atomic mass is 10.3. The van der Waals surface area contributed by atoms with Crippen molar-refractivity contribution in [3.63, 3.8) is 0 Å². The second kappa shape index (κ2) is 8.89. The highest BCUT2D eigenvalue weighted by Gasteiger charge is 2.18. The van der Waals surface area contributed by atoms with Crippen LogP contribution in [0.1, 0.15) is 5.76 Å². The van der Waals surface area contributed by atoms with Gasteiger partial charge in [0, 0.05) is 23.1 Å². The molecule has 0 saturated heterocycles. The summed E-state index contributed by atoms with van der Waals surface area (Å²) >= 11 is 7.22. The van der Waals surface area contributed by atoms with Crippen LogP contribution >= 0.6 is 23.4 Å². The summed E-state index contributed by atoms with van der Waals surface area (Å²) in [6.45, 7) is 0.407. The number of hydrogen-bond donors (Lipinski definition) is 1. The molecule has 0 atom stereocenters. The van der Waals surface area contributed by atoms with Gasteiger partial charge in [0.15, 0.2) is 11.0 Å². The van der Waals surface area contributed by atoms with Gasteiger partial charge in [-0.2, -0.15) is 0 Å². The van der Waals surface area contributed by atoms with Gasteiger partial charge in [0.25, 0.3) is 0 Å². The Balaban J connectivity index is 1.52. The maximum atomic E-state index is 12.3. The van der Waals surface area contributed by atoms with Crippen LogP contribution in [-0.2, 0) is 11.3 Å². The zero-order valence-electron chi connectivity index (χ0n) is 15.0. The molecule has 4 rings (SSSR count). The minimum Gasteiger partial charge on any atom is -0.467 e. The molecule has 0 aliphatic carbocycles. The molecular formula is C19H15ClN6O2S. The lowest BCUT2D eigenvalue weighted by Crippen LogP contribution is -2.14. The van der Waals surface area contributed by atoms with Crippen LogP contribution in [0, 0.1) is 0 Å². The molecule has 146 valence electrons. The molecule has 3 heterocycles. The number of nitrogens with one attached hydrogen (secondary N) is 1. The summed E-state index contributed by atoms with van der Waals surface area (Å²) in [5, 5.41) is 12.4. The highest BCUT2D eigenvalue weighted by molar-refractivity contribution is 7.99. The van der Waals surface area contributed by atoms with E-state index in [9.17, 15) is 4.79 Å². The Labute approximate surface area is 175 Å². The number of benzene rings is 1. The van der Waals surface area contributed by atoms with Crippen LogP contribution in [0.4, 0.5) is 5.69 Å². The van der Waals surface area contributed by atoms with Crippen LogP contribution in [0.15, 0.2) is 70.8 Å². The van der Waals surface area contributed by atoms with Crippen molar-refractivity contribution in [2.24, 2.45) is 0 Å². The van der Waals surface area contributed by atoms with Crippen LogP contribution in [0.2, 0.25) is 5.02 Å². The molecule has 0 unspecified atom stereocenters. The molecule has 1 amide bonds. The molecule has 4 aromatic rings. The maximum Gasteiger partial charge on any atom is 0.234 e. The summed E-state index contributed by atoms with van der Waals surface area (Å²) < 4.78 is 7.30. The predicted octanol–water partition coefficient (Wildman–Crippen LogP) is 3.76. The van der Waals surface area contributed by atoms with E-state index in [1.165, 1.54) is 11.8 Å². The summed E-state index contributed by atoms with van der Waals surface area (Å²) in [6, 6.07) is 10.7. The molecule has 1 aromatic carbocycles. The summed E-state index contributed by atoms with van der Waals surface area (Å²) in [6.07, 6.45) is 6.40. The number of amides is 1. The molecule has 0 bridgehead atoms. The van der Waals surface area contributed by atoms with Crippen LogP contribution in [0.3, 0.4) is 0 Å². The standard InChI is InChI=1S/C19H15ClN6O2S/c20-13-3-1-4-14(9-13)23-17(27)12-29-19-25-24-18(16-10-21-6-7-22-16)26(19)11-15-5-2-8-28-15/h1-10H,11-12H2,(H,23,27). The first-order valence-corrected chi connectivity index (χ1v) is 9.95. The van der Waals surface area contributed by atoms with E-state index >= 15 is 0 Å². The number of carbonyl (C=O) groups excluding carboxylic acids is 1. The third kappa shape index (κ3) is 4.82. The SMILES string of the molecule is O=C(CSc1nnc(-c2cnccn2)n1Cc1ccco1)Nc1cccc(Cl)c1. The number of thioether (sulfide) groups is 1. The lowest BCUT2D eigenvalue weighted by Gasteiger charge is -2.08. The zero-order chi connectivity index (χ0) is 20.1. The Morgan fingerprint density at radius 3 is 2.90 bits per heavy atom. The predicted molar refractivity (Wildman–Crippen MR) is 110 cm³/mol. The number of aromatic nitrogens is 5. The van der Waals surface area contributed by atoms with Gasteiger partial charge in [-0.1, -0.05) is 29.4 Å². The molecule has 0 radical (unpaired) electrons. The number of nitrogens with zero attached hydrogens (tertiary/aromatic N) is 5. The monoisotopic (exact) mass is 426 g/mol. The molecule has 0 saturated carbocycles. The number of anilines is 1. The number of halogens is 1. The van der Waals surface area contributed by atoms with Crippen LogP contribution in [-0.4, -0.2) is 36.4 Å². The average Bonchev–Trinajstić information content (AvgIpc) is 3.38. The van der Waals surface area contributed by atoms with Crippen molar-refractivity contribution in [1.82, 2.24) is 24.7 Å². The van der Waals surface area contributed by atoms with E-state index in [1.54, 1.807) is 49.1 Å². The molecule has 3 aromatic heterocycles. The van der Waals surface area contributed by atoms with E-state index in [4.69, 9.17) is 16.0 Å². The lowest BCUT2D eigenvalue weighted by molar-refractivity contribution is -0.113. The van der Waals surface area contributed by atoms with E-state index in [1.807, 2.05) is 16.7 Å². The number of carbonyl (C=O) groups is 1. The van der Waals surface area contributed by atoms with Gasteiger partial charge in [0.05, 0.1) is 24.8 Å². The number of hydrogen-bond acceptors (Lipinski definition) is 7. The summed E-state index contributed by atoms with van der Waals surface area (Å²) in [7, 11) is 0. The van der Waals surface area contributed by atoms with Crippen LogP contribution in [0.5, 0.6) is 0 Å². The van der Waals surface area contributed by atoms with Gasteiger partial charge in [-0.3, -0.25) is 14.3 Å². The molecule has 0 fully saturated rings. The van der Waals surface area contributed by atoms with Crippen molar-refractivity contribution in [1.29, 1.82) is 0 Å². The molecule has 29 heavy (non-hydrogen) atoms. The van der Waals surface area contributed by atoms with Crippen molar-refractivity contribution in [2.75, 3.05) is 11.1 Å². The fourth-order valence-corrected chi connectivity index (χ4v) is 3.52. The molecule has 0 aliphatic heterocycles. The molecule has 0 aliphatic rings. The Hall–Kier alpha value is -3.17. The van der Waals surface area contributed by atoms with Crippen molar-refractivity contribution >= 4 is 35.0 Å². The summed E-state index contributed by atoms with van der Waals surface area (Å²) in [5.74, 6) is 1.27. The van der Waals surface area contributed by atoms with Gasteiger partial charge in [0.2, 0.25) is 5.91 Å². The molecule has 1 N–H and O–H groups in total. The van der Waals surface area contributed by atoms with Crippen molar-refractivity contribution < 1.29 is 9.21 Å². The minimum absolute atomic E-state index is 0.156.